The van der Waals surface area contributed by atoms with E-state index in [0.29, 0.717) is 18.0 Å². The Kier molecular flexibility index (Phi) is 5.62. The fourth-order valence-electron chi connectivity index (χ4n) is 2.58. The van der Waals surface area contributed by atoms with Crippen LogP contribution in [0.3, 0.4) is 0 Å². The zero-order chi connectivity index (χ0) is 15.5. The van der Waals surface area contributed by atoms with Crippen molar-refractivity contribution in [2.45, 2.75) is 25.1 Å². The van der Waals surface area contributed by atoms with Crippen molar-refractivity contribution in [2.75, 3.05) is 24.7 Å². The molecule has 1 fully saturated rings. The van der Waals surface area contributed by atoms with Crippen LogP contribution in [-0.4, -0.2) is 60.3 Å². The molecule has 1 aliphatic heterocycles. The molecule has 2 N–H and O–H groups in total. The fraction of sp³-hybridized carbons (Fsp3) is 0.571. The molecule has 21 heavy (non-hydrogen) atoms. The van der Waals surface area contributed by atoms with E-state index < -0.39 is 15.9 Å². The molecule has 7 heteroatoms. The molecule has 2 atom stereocenters. The van der Waals surface area contributed by atoms with Gasteiger partial charge in [-0.3, -0.25) is 4.90 Å². The van der Waals surface area contributed by atoms with Crippen LogP contribution < -0.4 is 0 Å². The maximum atomic E-state index is 11.7. The number of halogens is 1. The topological polar surface area (TPSA) is 77.8 Å². The molecule has 1 heterocycles. The van der Waals surface area contributed by atoms with Gasteiger partial charge in [-0.05, 0) is 18.1 Å². The average molecular weight is 334 g/mol. The van der Waals surface area contributed by atoms with Crippen LogP contribution in [0.25, 0.3) is 0 Å². The highest BCUT2D eigenvalue weighted by atomic mass is 35.5. The van der Waals surface area contributed by atoms with Gasteiger partial charge in [0, 0.05) is 24.2 Å². The van der Waals surface area contributed by atoms with E-state index >= 15 is 0 Å². The summed E-state index contributed by atoms with van der Waals surface area (Å²) in [7, 11) is -3.00. The highest BCUT2D eigenvalue weighted by molar-refractivity contribution is 7.91. The molecule has 5 nitrogen and oxygen atoms in total. The number of aliphatic hydroxyl groups excluding tert-OH is 2. The van der Waals surface area contributed by atoms with Crippen molar-refractivity contribution < 1.29 is 18.6 Å². The van der Waals surface area contributed by atoms with Crippen molar-refractivity contribution in [3.05, 3.63) is 34.9 Å². The quantitative estimate of drug-likeness (QED) is 0.800. The largest absolute Gasteiger partial charge is 0.394 e. The second kappa shape index (κ2) is 7.07. The normalized spacial score (nSPS) is 22.6. The highest BCUT2D eigenvalue weighted by Crippen LogP contribution is 2.23. The van der Waals surface area contributed by atoms with Gasteiger partial charge < -0.3 is 10.2 Å². The number of hydrogen-bond acceptors (Lipinski definition) is 5. The van der Waals surface area contributed by atoms with Crippen molar-refractivity contribution in [1.82, 2.24) is 4.90 Å². The van der Waals surface area contributed by atoms with Crippen LogP contribution in [0.1, 0.15) is 12.0 Å². The molecule has 0 radical (unpaired) electrons. The Labute approximate surface area is 130 Å². The van der Waals surface area contributed by atoms with Crippen LogP contribution in [0.2, 0.25) is 5.02 Å². The summed E-state index contributed by atoms with van der Waals surface area (Å²) in [6.07, 6.45) is -0.346. The Balaban J connectivity index is 2.14. The van der Waals surface area contributed by atoms with Gasteiger partial charge in [0.25, 0.3) is 0 Å². The third kappa shape index (κ3) is 4.66. The minimum atomic E-state index is -3.00. The second-order valence-electron chi connectivity index (χ2n) is 5.41. The molecule has 0 bridgehead atoms. The summed E-state index contributed by atoms with van der Waals surface area (Å²) in [6, 6.07) is 7.21. The first kappa shape index (κ1) is 16.7. The summed E-state index contributed by atoms with van der Waals surface area (Å²) < 4.78 is 23.3. The standard InChI is InChI=1S/C14H20ClNO4S/c15-14-4-2-1-3-11(14)7-16(8-13(18)9-17)12-5-6-21(19,20)10-12/h1-4,12-13,17-18H,5-10H2/t12-,13+/m1/s1. The lowest BCUT2D eigenvalue weighted by Crippen LogP contribution is -2.41. The maximum Gasteiger partial charge on any atom is 0.151 e. The molecule has 1 saturated heterocycles. The van der Waals surface area contributed by atoms with Gasteiger partial charge in [0.2, 0.25) is 0 Å². The van der Waals surface area contributed by atoms with Crippen LogP contribution in [0.5, 0.6) is 0 Å². The van der Waals surface area contributed by atoms with E-state index in [1.54, 1.807) is 6.07 Å². The van der Waals surface area contributed by atoms with Gasteiger partial charge in [-0.15, -0.1) is 0 Å². The smallest absolute Gasteiger partial charge is 0.151 e. The number of sulfone groups is 1. The van der Waals surface area contributed by atoms with E-state index in [-0.39, 0.29) is 30.7 Å². The number of rotatable bonds is 6. The summed E-state index contributed by atoms with van der Waals surface area (Å²) >= 11 is 6.14. The first-order valence-electron chi connectivity index (χ1n) is 6.88. The van der Waals surface area contributed by atoms with E-state index in [1.165, 1.54) is 0 Å². The van der Waals surface area contributed by atoms with Gasteiger partial charge in [0.05, 0.1) is 24.2 Å². The Morgan fingerprint density at radius 1 is 1.38 bits per heavy atom. The van der Waals surface area contributed by atoms with E-state index in [9.17, 15) is 13.5 Å². The zero-order valence-corrected chi connectivity index (χ0v) is 13.2. The average Bonchev–Trinajstić information content (AvgIpc) is 2.80. The van der Waals surface area contributed by atoms with E-state index in [1.807, 2.05) is 23.1 Å². The van der Waals surface area contributed by atoms with Crippen LogP contribution in [0, 0.1) is 0 Å². The van der Waals surface area contributed by atoms with Crippen molar-refractivity contribution >= 4 is 21.4 Å². The molecule has 0 spiro atoms. The van der Waals surface area contributed by atoms with Crippen molar-refractivity contribution in [1.29, 1.82) is 0 Å². The number of hydrogen-bond donors (Lipinski definition) is 2. The van der Waals surface area contributed by atoms with Gasteiger partial charge in [0.1, 0.15) is 0 Å². The monoisotopic (exact) mass is 333 g/mol. The lowest BCUT2D eigenvalue weighted by molar-refractivity contribution is 0.0447. The first-order valence-corrected chi connectivity index (χ1v) is 9.08. The number of nitrogens with zero attached hydrogens (tertiary/aromatic N) is 1. The predicted molar refractivity (Wildman–Crippen MR) is 82.0 cm³/mol. The van der Waals surface area contributed by atoms with Gasteiger partial charge in [-0.1, -0.05) is 29.8 Å². The lowest BCUT2D eigenvalue weighted by Gasteiger charge is -2.30. The minimum absolute atomic E-state index is 0.0929. The third-order valence-electron chi connectivity index (χ3n) is 3.71. The summed E-state index contributed by atoms with van der Waals surface area (Å²) in [4.78, 5) is 1.90. The second-order valence-corrected chi connectivity index (χ2v) is 8.05. The Morgan fingerprint density at radius 3 is 2.67 bits per heavy atom. The highest BCUT2D eigenvalue weighted by Gasteiger charge is 2.33. The van der Waals surface area contributed by atoms with Gasteiger partial charge in [-0.2, -0.15) is 0 Å². The third-order valence-corrected chi connectivity index (χ3v) is 5.83. The summed E-state index contributed by atoms with van der Waals surface area (Å²) in [6.45, 7) is 0.331. The molecule has 0 unspecified atom stereocenters. The molecule has 2 rings (SSSR count). The van der Waals surface area contributed by atoms with Gasteiger partial charge >= 0.3 is 0 Å². The molecule has 0 saturated carbocycles. The summed E-state index contributed by atoms with van der Waals surface area (Å²) in [5.74, 6) is 0.265. The van der Waals surface area contributed by atoms with E-state index in [0.717, 1.165) is 5.56 Å². The molecule has 1 aromatic rings. The molecule has 1 aliphatic rings. The number of benzene rings is 1. The van der Waals surface area contributed by atoms with Gasteiger partial charge in [0.15, 0.2) is 9.84 Å². The van der Waals surface area contributed by atoms with Crippen LogP contribution in [0.15, 0.2) is 24.3 Å². The molecule has 118 valence electrons. The Bertz CT molecular complexity index is 578. The Hall–Kier alpha value is -0.660. The van der Waals surface area contributed by atoms with Crippen molar-refractivity contribution in [2.24, 2.45) is 0 Å². The first-order chi connectivity index (χ1) is 9.91. The van der Waals surface area contributed by atoms with Crippen LogP contribution in [0.4, 0.5) is 0 Å². The van der Waals surface area contributed by atoms with E-state index in [2.05, 4.69) is 0 Å². The molecular weight excluding hydrogens is 314 g/mol. The van der Waals surface area contributed by atoms with E-state index in [4.69, 9.17) is 16.7 Å². The van der Waals surface area contributed by atoms with Crippen LogP contribution >= 0.6 is 11.6 Å². The molecule has 0 amide bonds. The molecule has 0 aliphatic carbocycles. The summed E-state index contributed by atoms with van der Waals surface area (Å²) in [5, 5.41) is 19.3. The Morgan fingerprint density at radius 2 is 2.10 bits per heavy atom. The van der Waals surface area contributed by atoms with Crippen molar-refractivity contribution in [3.63, 3.8) is 0 Å². The van der Waals surface area contributed by atoms with Crippen molar-refractivity contribution in [3.8, 4) is 0 Å². The lowest BCUT2D eigenvalue weighted by atomic mass is 10.1. The minimum Gasteiger partial charge on any atom is -0.394 e. The fourth-order valence-corrected chi connectivity index (χ4v) is 4.54. The molecule has 0 aromatic heterocycles. The van der Waals surface area contributed by atoms with Crippen LogP contribution in [-0.2, 0) is 16.4 Å². The number of aliphatic hydroxyl groups is 2. The zero-order valence-electron chi connectivity index (χ0n) is 11.7. The molecule has 1 aromatic carbocycles. The maximum absolute atomic E-state index is 11.7. The van der Waals surface area contributed by atoms with Gasteiger partial charge in [-0.25, -0.2) is 8.42 Å². The molecular formula is C14H20ClNO4S. The SMILES string of the molecule is O=S1(=O)CC[C@@H](N(Cc2ccccc2Cl)C[C@H](O)CO)C1. The summed E-state index contributed by atoms with van der Waals surface area (Å²) in [5.41, 5.74) is 0.883. The predicted octanol–water partition coefficient (Wildman–Crippen LogP) is 0.682.